The van der Waals surface area contributed by atoms with Gasteiger partial charge in [0.2, 0.25) is 0 Å². The Kier molecular flexibility index (Phi) is 4.30. The van der Waals surface area contributed by atoms with Crippen LogP contribution >= 0.6 is 0 Å². The summed E-state index contributed by atoms with van der Waals surface area (Å²) in [5.41, 5.74) is 10.3. The second-order valence-corrected chi connectivity index (χ2v) is 7.61. The average Bonchev–Trinajstić information content (AvgIpc) is 3.12. The molecule has 6 nitrogen and oxygen atoms in total. The summed E-state index contributed by atoms with van der Waals surface area (Å²) in [6, 6.07) is 17.3. The number of hydrogen-bond acceptors (Lipinski definition) is 5. The van der Waals surface area contributed by atoms with Crippen molar-refractivity contribution in [3.05, 3.63) is 83.9 Å². The van der Waals surface area contributed by atoms with E-state index in [-0.39, 0.29) is 12.0 Å². The molecule has 5 rings (SSSR count). The fourth-order valence-corrected chi connectivity index (χ4v) is 4.03. The molecule has 0 radical (unpaired) electrons. The van der Waals surface area contributed by atoms with E-state index in [0.717, 1.165) is 33.7 Å². The zero-order valence-electron chi connectivity index (χ0n) is 15.8. The van der Waals surface area contributed by atoms with Gasteiger partial charge < -0.3 is 15.9 Å². The number of rotatable bonds is 4. The Morgan fingerprint density at radius 3 is 2.38 bits per heavy atom. The first-order valence-corrected chi connectivity index (χ1v) is 9.75. The van der Waals surface area contributed by atoms with Crippen molar-refractivity contribution in [1.29, 1.82) is 0 Å². The summed E-state index contributed by atoms with van der Waals surface area (Å²) in [4.78, 5) is 9.12. The lowest BCUT2D eigenvalue weighted by atomic mass is 9.82. The molecular weight excluding hydrogens is 364 g/mol. The maximum atomic E-state index is 10.6. The second kappa shape index (κ2) is 6.99. The smallest absolute Gasteiger partial charge is 0.150 e. The average molecular weight is 386 g/mol. The molecule has 4 N–H and O–H groups in total. The van der Waals surface area contributed by atoms with Crippen LogP contribution in [0.15, 0.2) is 67.0 Å². The lowest BCUT2D eigenvalue weighted by molar-refractivity contribution is 0.0715. The Morgan fingerprint density at radius 1 is 1.00 bits per heavy atom. The van der Waals surface area contributed by atoms with Gasteiger partial charge in [-0.1, -0.05) is 54.6 Å². The highest BCUT2D eigenvalue weighted by Gasteiger charge is 2.33. The number of hydrogen-bond donors (Lipinski definition) is 3. The SMILES string of the molecule is Nc1nccn2c(C3CC(O)C3)nc(-c3ccc(C(O)c4ccccc4)cc3)c12. The van der Waals surface area contributed by atoms with Crippen molar-refractivity contribution < 1.29 is 10.2 Å². The third kappa shape index (κ3) is 3.06. The third-order valence-electron chi connectivity index (χ3n) is 5.70. The number of nitrogen functional groups attached to an aromatic ring is 1. The van der Waals surface area contributed by atoms with Gasteiger partial charge in [-0.3, -0.25) is 4.40 Å². The molecule has 2 heterocycles. The second-order valence-electron chi connectivity index (χ2n) is 7.61. The monoisotopic (exact) mass is 386 g/mol. The molecule has 146 valence electrons. The van der Waals surface area contributed by atoms with E-state index in [9.17, 15) is 10.2 Å². The van der Waals surface area contributed by atoms with Crippen molar-refractivity contribution in [3.63, 3.8) is 0 Å². The number of aromatic nitrogens is 3. The topological polar surface area (TPSA) is 96.7 Å². The summed E-state index contributed by atoms with van der Waals surface area (Å²) in [5, 5.41) is 20.3. The quantitative estimate of drug-likeness (QED) is 0.500. The molecule has 2 aromatic carbocycles. The summed E-state index contributed by atoms with van der Waals surface area (Å²) in [6.45, 7) is 0. The van der Waals surface area contributed by atoms with Crippen LogP contribution in [-0.2, 0) is 0 Å². The van der Waals surface area contributed by atoms with Crippen molar-refractivity contribution in [2.75, 3.05) is 5.73 Å². The summed E-state index contributed by atoms with van der Waals surface area (Å²) < 4.78 is 1.99. The van der Waals surface area contributed by atoms with Crippen LogP contribution in [0.4, 0.5) is 5.82 Å². The molecule has 0 saturated heterocycles. The van der Waals surface area contributed by atoms with Gasteiger partial charge in [0.15, 0.2) is 0 Å². The van der Waals surface area contributed by atoms with Crippen molar-refractivity contribution in [3.8, 4) is 11.3 Å². The molecule has 1 fully saturated rings. The highest BCUT2D eigenvalue weighted by molar-refractivity contribution is 5.85. The standard InChI is InChI=1S/C23H22N4O2/c24-22-20-19(26-23(17-12-18(28)13-17)27(20)11-10-25-22)14-6-8-16(9-7-14)21(29)15-4-2-1-3-5-15/h1-11,17-18,21,28-29H,12-13H2,(H2,24,25). The predicted octanol–water partition coefficient (Wildman–Crippen LogP) is 3.30. The van der Waals surface area contributed by atoms with Gasteiger partial charge in [-0.25, -0.2) is 9.97 Å². The molecule has 0 amide bonds. The molecule has 1 atom stereocenters. The fourth-order valence-electron chi connectivity index (χ4n) is 4.03. The van der Waals surface area contributed by atoms with Gasteiger partial charge in [0.25, 0.3) is 0 Å². The first-order chi connectivity index (χ1) is 14.1. The van der Waals surface area contributed by atoms with Gasteiger partial charge >= 0.3 is 0 Å². The number of anilines is 1. The normalized spacial score (nSPS) is 19.8. The molecular formula is C23H22N4O2. The molecule has 1 saturated carbocycles. The van der Waals surface area contributed by atoms with E-state index in [2.05, 4.69) is 4.98 Å². The van der Waals surface area contributed by atoms with Crippen LogP contribution in [0.5, 0.6) is 0 Å². The first kappa shape index (κ1) is 17.8. The molecule has 4 aromatic rings. The van der Waals surface area contributed by atoms with Gasteiger partial charge in [0.05, 0.1) is 6.10 Å². The molecule has 1 aliphatic carbocycles. The van der Waals surface area contributed by atoms with E-state index >= 15 is 0 Å². The minimum atomic E-state index is -0.678. The summed E-state index contributed by atoms with van der Waals surface area (Å²) in [7, 11) is 0. The minimum absolute atomic E-state index is 0.215. The van der Waals surface area contributed by atoms with E-state index in [1.807, 2.05) is 65.2 Å². The van der Waals surface area contributed by atoms with Gasteiger partial charge in [-0.05, 0) is 24.0 Å². The van der Waals surface area contributed by atoms with Gasteiger partial charge in [-0.2, -0.15) is 0 Å². The Labute approximate surface area is 168 Å². The van der Waals surface area contributed by atoms with Crippen LogP contribution in [0, 0.1) is 0 Å². The summed E-state index contributed by atoms with van der Waals surface area (Å²) >= 11 is 0. The van der Waals surface area contributed by atoms with E-state index in [1.165, 1.54) is 0 Å². The van der Waals surface area contributed by atoms with E-state index in [0.29, 0.717) is 18.7 Å². The highest BCUT2D eigenvalue weighted by Crippen LogP contribution is 2.39. The van der Waals surface area contributed by atoms with E-state index < -0.39 is 6.10 Å². The molecule has 6 heteroatoms. The molecule has 2 aromatic heterocycles. The highest BCUT2D eigenvalue weighted by atomic mass is 16.3. The first-order valence-electron chi connectivity index (χ1n) is 9.75. The van der Waals surface area contributed by atoms with Crippen LogP contribution in [0.3, 0.4) is 0 Å². The number of imidazole rings is 1. The number of aliphatic hydroxyl groups is 2. The van der Waals surface area contributed by atoms with Crippen LogP contribution in [0.25, 0.3) is 16.8 Å². The Hall–Kier alpha value is -3.22. The lowest BCUT2D eigenvalue weighted by Gasteiger charge is -2.30. The molecule has 0 bridgehead atoms. The fraction of sp³-hybridized carbons (Fsp3) is 0.217. The Morgan fingerprint density at radius 2 is 1.69 bits per heavy atom. The van der Waals surface area contributed by atoms with Crippen LogP contribution in [0.1, 0.15) is 41.8 Å². The van der Waals surface area contributed by atoms with Gasteiger partial charge in [0.1, 0.15) is 29.0 Å². The van der Waals surface area contributed by atoms with Gasteiger partial charge in [-0.15, -0.1) is 0 Å². The number of benzene rings is 2. The molecule has 1 aliphatic rings. The number of nitrogens with two attached hydrogens (primary N) is 1. The van der Waals surface area contributed by atoms with Crippen molar-refractivity contribution in [1.82, 2.24) is 14.4 Å². The third-order valence-corrected chi connectivity index (χ3v) is 5.70. The van der Waals surface area contributed by atoms with Crippen LogP contribution < -0.4 is 5.73 Å². The Balaban J connectivity index is 1.54. The summed E-state index contributed by atoms with van der Waals surface area (Å²) in [6.07, 6.45) is 4.03. The zero-order valence-corrected chi connectivity index (χ0v) is 15.8. The minimum Gasteiger partial charge on any atom is -0.393 e. The molecule has 0 spiro atoms. The Bertz CT molecular complexity index is 1150. The van der Waals surface area contributed by atoms with E-state index in [4.69, 9.17) is 10.7 Å². The predicted molar refractivity (Wildman–Crippen MR) is 111 cm³/mol. The maximum absolute atomic E-state index is 10.6. The molecule has 0 aliphatic heterocycles. The number of fused-ring (bicyclic) bond motifs is 1. The van der Waals surface area contributed by atoms with Crippen LogP contribution in [-0.4, -0.2) is 30.7 Å². The molecule has 1 unspecified atom stereocenters. The zero-order chi connectivity index (χ0) is 20.0. The number of nitrogens with zero attached hydrogens (tertiary/aromatic N) is 3. The van der Waals surface area contributed by atoms with Gasteiger partial charge in [0, 0.05) is 23.9 Å². The lowest BCUT2D eigenvalue weighted by Crippen LogP contribution is -2.27. The van der Waals surface area contributed by atoms with E-state index in [1.54, 1.807) is 6.20 Å². The van der Waals surface area contributed by atoms with Crippen molar-refractivity contribution in [2.45, 2.75) is 31.0 Å². The summed E-state index contributed by atoms with van der Waals surface area (Å²) in [5.74, 6) is 1.55. The van der Waals surface area contributed by atoms with Crippen LogP contribution in [0.2, 0.25) is 0 Å². The van der Waals surface area contributed by atoms with Crippen molar-refractivity contribution >= 4 is 11.3 Å². The largest absolute Gasteiger partial charge is 0.393 e. The number of aliphatic hydroxyl groups excluding tert-OH is 2. The van der Waals surface area contributed by atoms with Crippen molar-refractivity contribution in [2.24, 2.45) is 0 Å². The molecule has 29 heavy (non-hydrogen) atoms. The maximum Gasteiger partial charge on any atom is 0.150 e.